The predicted molar refractivity (Wildman–Crippen MR) is 71.0 cm³/mol. The van der Waals surface area contributed by atoms with Gasteiger partial charge in [-0.3, -0.25) is 4.79 Å². The highest BCUT2D eigenvalue weighted by molar-refractivity contribution is 9.10. The first-order valence-electron chi connectivity index (χ1n) is 4.91. The van der Waals surface area contributed by atoms with Crippen LogP contribution in [-0.2, 0) is 4.74 Å². The Bertz CT molecular complexity index is 401. The number of methoxy groups -OCH3 is 1. The van der Waals surface area contributed by atoms with E-state index in [0.29, 0.717) is 23.2 Å². The number of benzene rings is 1. The number of alkyl halides is 1. The van der Waals surface area contributed by atoms with Crippen LogP contribution in [-0.4, -0.2) is 31.0 Å². The maximum atomic E-state index is 12.8. The van der Waals surface area contributed by atoms with Crippen molar-refractivity contribution in [1.29, 1.82) is 0 Å². The zero-order valence-electron chi connectivity index (χ0n) is 9.17. The quantitative estimate of drug-likeness (QED) is 0.811. The van der Waals surface area contributed by atoms with E-state index in [-0.39, 0.29) is 16.6 Å². The van der Waals surface area contributed by atoms with E-state index < -0.39 is 0 Å². The second kappa shape index (κ2) is 7.08. The van der Waals surface area contributed by atoms with Crippen LogP contribution in [0.15, 0.2) is 22.7 Å². The summed E-state index contributed by atoms with van der Waals surface area (Å²) in [5.74, 6) is -0.636. The molecule has 0 aliphatic rings. The van der Waals surface area contributed by atoms with Crippen LogP contribution in [0.4, 0.5) is 4.39 Å². The summed E-state index contributed by atoms with van der Waals surface area (Å²) < 4.78 is 18.2. The van der Waals surface area contributed by atoms with Crippen molar-refractivity contribution in [2.24, 2.45) is 0 Å². The average molecular weight is 369 g/mol. The third kappa shape index (κ3) is 4.73. The molecule has 3 nitrogen and oxygen atoms in total. The van der Waals surface area contributed by atoms with E-state index in [0.717, 1.165) is 0 Å². The molecule has 0 bridgehead atoms. The van der Waals surface area contributed by atoms with E-state index in [1.807, 2.05) is 0 Å². The van der Waals surface area contributed by atoms with E-state index in [1.165, 1.54) is 18.2 Å². The van der Waals surface area contributed by atoms with Crippen LogP contribution < -0.4 is 5.32 Å². The van der Waals surface area contributed by atoms with E-state index in [9.17, 15) is 9.18 Å². The Morgan fingerprint density at radius 3 is 2.88 bits per heavy atom. The second-order valence-corrected chi connectivity index (χ2v) is 5.54. The van der Waals surface area contributed by atoms with Crippen molar-refractivity contribution in [3.8, 4) is 0 Å². The summed E-state index contributed by atoms with van der Waals surface area (Å²) in [6.45, 7) is 0.946. The molecular weight excluding hydrogens is 357 g/mol. The van der Waals surface area contributed by atoms with Gasteiger partial charge in [-0.25, -0.2) is 4.39 Å². The minimum absolute atomic E-state index is 0.0515. The molecule has 1 unspecified atom stereocenters. The summed E-state index contributed by atoms with van der Waals surface area (Å²) in [4.78, 5) is 11.8. The number of hydrogen-bond donors (Lipinski definition) is 1. The number of amides is 1. The van der Waals surface area contributed by atoms with Crippen molar-refractivity contribution in [3.63, 3.8) is 0 Å². The van der Waals surface area contributed by atoms with Crippen molar-refractivity contribution < 1.29 is 13.9 Å². The molecule has 1 amide bonds. The van der Waals surface area contributed by atoms with E-state index in [4.69, 9.17) is 4.74 Å². The smallest absolute Gasteiger partial charge is 0.252 e. The highest BCUT2D eigenvalue weighted by Crippen LogP contribution is 2.17. The fourth-order valence-corrected chi connectivity index (χ4v) is 2.17. The molecule has 1 rings (SSSR count). The molecular formula is C11H12Br2FNO2. The summed E-state index contributed by atoms with van der Waals surface area (Å²) in [5.41, 5.74) is 0.406. The Balaban J connectivity index is 2.58. The maximum absolute atomic E-state index is 12.8. The molecule has 0 saturated heterocycles. The highest BCUT2D eigenvalue weighted by Gasteiger charge is 2.12. The van der Waals surface area contributed by atoms with Gasteiger partial charge in [0.25, 0.3) is 5.91 Å². The van der Waals surface area contributed by atoms with Gasteiger partial charge in [0.1, 0.15) is 5.82 Å². The average Bonchev–Trinajstić information content (AvgIpc) is 2.26. The van der Waals surface area contributed by atoms with Gasteiger partial charge < -0.3 is 10.1 Å². The summed E-state index contributed by atoms with van der Waals surface area (Å²) >= 11 is 6.51. The Morgan fingerprint density at radius 1 is 1.59 bits per heavy atom. The molecule has 1 aromatic carbocycles. The number of rotatable bonds is 5. The van der Waals surface area contributed by atoms with Gasteiger partial charge in [0, 0.05) is 18.1 Å². The van der Waals surface area contributed by atoms with E-state index in [2.05, 4.69) is 37.2 Å². The van der Waals surface area contributed by atoms with Crippen molar-refractivity contribution in [2.45, 2.75) is 4.83 Å². The SMILES string of the molecule is COCC(Br)CNC(=O)c1ccc(F)cc1Br. The molecule has 0 fully saturated rings. The van der Waals surface area contributed by atoms with Crippen molar-refractivity contribution in [2.75, 3.05) is 20.3 Å². The molecule has 0 heterocycles. The Kier molecular flexibility index (Phi) is 6.08. The number of hydrogen-bond acceptors (Lipinski definition) is 2. The lowest BCUT2D eigenvalue weighted by Gasteiger charge is -2.11. The van der Waals surface area contributed by atoms with Crippen LogP contribution in [0.25, 0.3) is 0 Å². The zero-order chi connectivity index (χ0) is 12.8. The number of halogens is 3. The minimum Gasteiger partial charge on any atom is -0.383 e. The lowest BCUT2D eigenvalue weighted by Crippen LogP contribution is -2.31. The third-order valence-electron chi connectivity index (χ3n) is 2.01. The highest BCUT2D eigenvalue weighted by atomic mass is 79.9. The van der Waals surface area contributed by atoms with Gasteiger partial charge in [-0.2, -0.15) is 0 Å². The molecule has 0 saturated carbocycles. The van der Waals surface area contributed by atoms with E-state index >= 15 is 0 Å². The topological polar surface area (TPSA) is 38.3 Å². The summed E-state index contributed by atoms with van der Waals surface area (Å²) in [7, 11) is 1.59. The molecule has 94 valence electrons. The Labute approximate surface area is 116 Å². The van der Waals surface area contributed by atoms with Crippen LogP contribution in [0.1, 0.15) is 10.4 Å². The van der Waals surface area contributed by atoms with Crippen LogP contribution in [0, 0.1) is 5.82 Å². The molecule has 6 heteroatoms. The lowest BCUT2D eigenvalue weighted by molar-refractivity contribution is 0.0949. The van der Waals surface area contributed by atoms with Gasteiger partial charge in [0.05, 0.1) is 17.0 Å². The van der Waals surface area contributed by atoms with Crippen LogP contribution in [0.2, 0.25) is 0 Å². The monoisotopic (exact) mass is 367 g/mol. The molecule has 1 N–H and O–H groups in total. The molecule has 0 aromatic heterocycles. The normalized spacial score (nSPS) is 12.2. The van der Waals surface area contributed by atoms with Gasteiger partial charge in [-0.15, -0.1) is 0 Å². The van der Waals surface area contributed by atoms with Crippen LogP contribution >= 0.6 is 31.9 Å². The molecule has 0 aliphatic heterocycles. The van der Waals surface area contributed by atoms with Crippen molar-refractivity contribution in [1.82, 2.24) is 5.32 Å². The Morgan fingerprint density at radius 2 is 2.29 bits per heavy atom. The first-order chi connectivity index (χ1) is 8.04. The largest absolute Gasteiger partial charge is 0.383 e. The number of ether oxygens (including phenoxy) is 1. The zero-order valence-corrected chi connectivity index (χ0v) is 12.3. The summed E-state index contributed by atoms with van der Waals surface area (Å²) in [6, 6.07) is 3.95. The van der Waals surface area contributed by atoms with Gasteiger partial charge in [0.2, 0.25) is 0 Å². The van der Waals surface area contributed by atoms with Crippen LogP contribution in [0.3, 0.4) is 0 Å². The number of carbonyl (C=O) groups excluding carboxylic acids is 1. The molecule has 0 spiro atoms. The number of carbonyl (C=O) groups is 1. The second-order valence-electron chi connectivity index (χ2n) is 3.39. The maximum Gasteiger partial charge on any atom is 0.252 e. The van der Waals surface area contributed by atoms with E-state index in [1.54, 1.807) is 7.11 Å². The standard InChI is InChI=1S/C11H12Br2FNO2/c1-17-6-7(12)5-15-11(16)9-3-2-8(14)4-10(9)13/h2-4,7H,5-6H2,1H3,(H,15,16). The molecule has 1 atom stereocenters. The summed E-state index contributed by atoms with van der Waals surface area (Å²) in [5, 5.41) is 2.73. The molecule has 1 aromatic rings. The van der Waals surface area contributed by atoms with Crippen LogP contribution in [0.5, 0.6) is 0 Å². The lowest BCUT2D eigenvalue weighted by atomic mass is 10.2. The molecule has 17 heavy (non-hydrogen) atoms. The van der Waals surface area contributed by atoms with Gasteiger partial charge in [0.15, 0.2) is 0 Å². The fraction of sp³-hybridized carbons (Fsp3) is 0.364. The third-order valence-corrected chi connectivity index (χ3v) is 3.25. The molecule has 0 aliphatic carbocycles. The fourth-order valence-electron chi connectivity index (χ4n) is 1.21. The van der Waals surface area contributed by atoms with Crippen molar-refractivity contribution in [3.05, 3.63) is 34.1 Å². The van der Waals surface area contributed by atoms with Gasteiger partial charge in [-0.05, 0) is 34.1 Å². The first-order valence-corrected chi connectivity index (χ1v) is 6.61. The summed E-state index contributed by atoms with van der Waals surface area (Å²) in [6.07, 6.45) is 0. The first kappa shape index (κ1) is 14.6. The van der Waals surface area contributed by atoms with Gasteiger partial charge >= 0.3 is 0 Å². The van der Waals surface area contributed by atoms with Gasteiger partial charge in [-0.1, -0.05) is 15.9 Å². The number of nitrogens with one attached hydrogen (secondary N) is 1. The van der Waals surface area contributed by atoms with Crippen molar-refractivity contribution >= 4 is 37.8 Å². The Hall–Kier alpha value is -0.460. The molecule has 0 radical (unpaired) electrons. The predicted octanol–water partition coefficient (Wildman–Crippen LogP) is 2.73. The minimum atomic E-state index is -0.383.